The highest BCUT2D eigenvalue weighted by molar-refractivity contribution is 6.43. The highest BCUT2D eigenvalue weighted by Crippen LogP contribution is 2.12. The average Bonchev–Trinajstić information content (AvgIpc) is 2.30. The first-order valence-corrected chi connectivity index (χ1v) is 2.91. The Balaban J connectivity index is 3.13. The highest BCUT2D eigenvalue weighted by atomic mass is 16.4. The monoisotopic (exact) mass is 151 g/mol. The molecule has 1 N–H and O–H groups in total. The van der Waals surface area contributed by atoms with Gasteiger partial charge in [0, 0.05) is 0 Å². The lowest BCUT2D eigenvalue weighted by Gasteiger charge is -1.89. The van der Waals surface area contributed by atoms with Gasteiger partial charge in [-0.15, -0.1) is 0 Å². The van der Waals surface area contributed by atoms with Crippen LogP contribution in [0.4, 0.5) is 0 Å². The summed E-state index contributed by atoms with van der Waals surface area (Å²) in [5, 5.41) is 8.48. The summed E-state index contributed by atoms with van der Waals surface area (Å²) in [4.78, 5) is 23.9. The molecule has 0 saturated heterocycles. The predicted molar refractivity (Wildman–Crippen MR) is 38.0 cm³/mol. The molecule has 11 heavy (non-hydrogen) atoms. The number of rotatable bonds is 1. The molecule has 0 aliphatic carbocycles. The average molecular weight is 151 g/mol. The summed E-state index contributed by atoms with van der Waals surface area (Å²) in [5.74, 6) is 0.397. The molecule has 0 saturated carbocycles. The topological polar surface area (TPSA) is 66.7 Å². The minimum Gasteiger partial charge on any atom is -0.477 e. The molecule has 1 rings (SSSR count). The van der Waals surface area contributed by atoms with Crippen molar-refractivity contribution in [1.82, 2.24) is 0 Å². The maximum atomic E-state index is 10.4. The van der Waals surface area contributed by atoms with E-state index in [0.29, 0.717) is 5.57 Å². The number of allylic oxidation sites excluding steroid dienone is 1. The van der Waals surface area contributed by atoms with Crippen molar-refractivity contribution in [2.24, 2.45) is 4.99 Å². The number of carbonyl (C=O) groups is 1. The standard InChI is InChI=1S/C7H5NO3/c1-4-2-5(3-9)8-6(4)7(10)11/h2H,1H3,(H,10,11). The molecule has 56 valence electrons. The van der Waals surface area contributed by atoms with Gasteiger partial charge in [0.05, 0.1) is 0 Å². The quantitative estimate of drug-likeness (QED) is 0.544. The van der Waals surface area contributed by atoms with E-state index in [0.717, 1.165) is 0 Å². The minimum absolute atomic E-state index is 0.0416. The Morgan fingerprint density at radius 2 is 2.36 bits per heavy atom. The number of hydrogen-bond acceptors (Lipinski definition) is 3. The summed E-state index contributed by atoms with van der Waals surface area (Å²) < 4.78 is 0. The smallest absolute Gasteiger partial charge is 0.354 e. The van der Waals surface area contributed by atoms with Crippen molar-refractivity contribution >= 4 is 17.6 Å². The van der Waals surface area contributed by atoms with E-state index in [1.165, 1.54) is 12.0 Å². The van der Waals surface area contributed by atoms with Gasteiger partial charge in [-0.05, 0) is 18.6 Å². The van der Waals surface area contributed by atoms with Crippen molar-refractivity contribution in [3.63, 3.8) is 0 Å². The van der Waals surface area contributed by atoms with Gasteiger partial charge in [0.2, 0.25) is 0 Å². The number of aliphatic carboxylic acids is 1. The Morgan fingerprint density at radius 1 is 1.73 bits per heavy atom. The fraction of sp³-hybridized carbons (Fsp3) is 0.143. The molecule has 1 aliphatic heterocycles. The third-order valence-corrected chi connectivity index (χ3v) is 1.27. The molecular formula is C7H5NO3. The normalized spacial score (nSPS) is 15.5. The molecule has 0 spiro atoms. The van der Waals surface area contributed by atoms with Crippen LogP contribution in [0.3, 0.4) is 0 Å². The van der Waals surface area contributed by atoms with Gasteiger partial charge in [0.15, 0.2) is 11.7 Å². The van der Waals surface area contributed by atoms with E-state index in [9.17, 15) is 9.59 Å². The molecule has 4 heteroatoms. The van der Waals surface area contributed by atoms with Crippen LogP contribution in [0.15, 0.2) is 22.3 Å². The van der Waals surface area contributed by atoms with Crippen LogP contribution in [-0.4, -0.2) is 22.7 Å². The van der Waals surface area contributed by atoms with Crippen LogP contribution in [0.25, 0.3) is 0 Å². The van der Waals surface area contributed by atoms with Crippen LogP contribution in [0.5, 0.6) is 0 Å². The molecule has 0 radical (unpaired) electrons. The van der Waals surface area contributed by atoms with Crippen LogP contribution in [0.2, 0.25) is 0 Å². The van der Waals surface area contributed by atoms with Crippen LogP contribution in [0.1, 0.15) is 6.92 Å². The number of carbonyl (C=O) groups excluding carboxylic acids is 1. The van der Waals surface area contributed by atoms with Crippen LogP contribution < -0.4 is 0 Å². The lowest BCUT2D eigenvalue weighted by Crippen LogP contribution is -2.11. The summed E-state index contributed by atoms with van der Waals surface area (Å²) in [7, 11) is 0. The molecule has 1 aliphatic rings. The Morgan fingerprint density at radius 3 is 2.64 bits per heavy atom. The van der Waals surface area contributed by atoms with Gasteiger partial charge in [0.25, 0.3) is 0 Å². The zero-order valence-electron chi connectivity index (χ0n) is 5.79. The summed E-state index contributed by atoms with van der Waals surface area (Å²) in [5.41, 5.74) is 0.444. The number of hydrogen-bond donors (Lipinski definition) is 1. The fourth-order valence-electron chi connectivity index (χ4n) is 0.783. The second-order valence-electron chi connectivity index (χ2n) is 2.08. The van der Waals surface area contributed by atoms with Crippen molar-refractivity contribution in [2.75, 3.05) is 0 Å². The third kappa shape index (κ3) is 1.25. The van der Waals surface area contributed by atoms with Crippen molar-refractivity contribution in [3.8, 4) is 0 Å². The van der Waals surface area contributed by atoms with Crippen molar-refractivity contribution in [1.29, 1.82) is 0 Å². The molecule has 1 heterocycles. The van der Waals surface area contributed by atoms with Gasteiger partial charge in [-0.25, -0.2) is 14.6 Å². The summed E-state index contributed by atoms with van der Waals surface area (Å²) in [6, 6.07) is 0. The zero-order valence-corrected chi connectivity index (χ0v) is 5.79. The van der Waals surface area contributed by atoms with Crippen LogP contribution in [0, 0.1) is 0 Å². The fourth-order valence-corrected chi connectivity index (χ4v) is 0.783. The van der Waals surface area contributed by atoms with E-state index in [1.807, 2.05) is 0 Å². The first-order valence-electron chi connectivity index (χ1n) is 2.91. The molecule has 0 fully saturated rings. The van der Waals surface area contributed by atoms with E-state index in [2.05, 4.69) is 4.99 Å². The SMILES string of the molecule is CC1=CC(=C=O)N=C1C(=O)O. The molecule has 0 unspecified atom stereocenters. The maximum Gasteiger partial charge on any atom is 0.354 e. The second kappa shape index (κ2) is 2.52. The van der Waals surface area contributed by atoms with Crippen molar-refractivity contribution < 1.29 is 14.7 Å². The van der Waals surface area contributed by atoms with Gasteiger partial charge in [-0.1, -0.05) is 0 Å². The van der Waals surface area contributed by atoms with Crippen LogP contribution in [-0.2, 0) is 9.59 Å². The van der Waals surface area contributed by atoms with E-state index >= 15 is 0 Å². The minimum atomic E-state index is -1.12. The molecule has 0 aromatic heterocycles. The second-order valence-corrected chi connectivity index (χ2v) is 2.08. The van der Waals surface area contributed by atoms with Gasteiger partial charge >= 0.3 is 5.97 Å². The third-order valence-electron chi connectivity index (χ3n) is 1.27. The lowest BCUT2D eigenvalue weighted by atomic mass is 10.2. The summed E-state index contributed by atoms with van der Waals surface area (Å²) >= 11 is 0. The Kier molecular flexibility index (Phi) is 1.70. The molecule has 0 atom stereocenters. The number of carboxylic acids is 1. The Labute approximate surface area is 62.6 Å². The van der Waals surface area contributed by atoms with Crippen molar-refractivity contribution in [3.05, 3.63) is 17.3 Å². The molecule has 0 aromatic carbocycles. The van der Waals surface area contributed by atoms with E-state index in [4.69, 9.17) is 5.11 Å². The van der Waals surface area contributed by atoms with Gasteiger partial charge in [0.1, 0.15) is 5.70 Å². The van der Waals surface area contributed by atoms with E-state index < -0.39 is 5.97 Å². The van der Waals surface area contributed by atoms with Crippen LogP contribution >= 0.6 is 0 Å². The first kappa shape index (κ1) is 7.44. The largest absolute Gasteiger partial charge is 0.477 e. The Bertz CT molecular complexity index is 319. The number of aliphatic imine (C=N–C) groups is 1. The van der Waals surface area contributed by atoms with Gasteiger partial charge in [-0.3, -0.25) is 0 Å². The number of carboxylic acid groups (broad SMARTS) is 1. The van der Waals surface area contributed by atoms with Crippen molar-refractivity contribution in [2.45, 2.75) is 6.92 Å². The molecule has 4 nitrogen and oxygen atoms in total. The molecule has 0 amide bonds. The molecule has 0 aromatic rings. The van der Waals surface area contributed by atoms with E-state index in [1.54, 1.807) is 6.92 Å². The van der Waals surface area contributed by atoms with Gasteiger partial charge in [-0.2, -0.15) is 0 Å². The molecular weight excluding hydrogens is 146 g/mol. The van der Waals surface area contributed by atoms with Gasteiger partial charge < -0.3 is 5.11 Å². The molecule has 0 bridgehead atoms. The van der Waals surface area contributed by atoms with E-state index in [-0.39, 0.29) is 11.4 Å². The number of nitrogens with zero attached hydrogens (tertiary/aromatic N) is 1. The Hall–Kier alpha value is -1.67. The highest BCUT2D eigenvalue weighted by Gasteiger charge is 2.17. The first-order chi connectivity index (χ1) is 5.15. The lowest BCUT2D eigenvalue weighted by molar-refractivity contribution is -0.129. The predicted octanol–water partition coefficient (Wildman–Crippen LogP) is 0.187. The summed E-state index contributed by atoms with van der Waals surface area (Å²) in [6.45, 7) is 1.58. The summed E-state index contributed by atoms with van der Waals surface area (Å²) in [6.07, 6.45) is 1.39. The zero-order chi connectivity index (χ0) is 8.43. The maximum absolute atomic E-state index is 10.4.